The van der Waals surface area contributed by atoms with Crippen molar-refractivity contribution in [2.45, 2.75) is 66.5 Å². The summed E-state index contributed by atoms with van der Waals surface area (Å²) in [4.78, 5) is 0. The summed E-state index contributed by atoms with van der Waals surface area (Å²) in [5.41, 5.74) is 2.34. The number of aliphatic hydroxyl groups is 1. The van der Waals surface area contributed by atoms with Gasteiger partial charge in [-0.05, 0) is 41.1 Å². The van der Waals surface area contributed by atoms with Gasteiger partial charge in [0.05, 0.1) is 22.0 Å². The van der Waals surface area contributed by atoms with Gasteiger partial charge in [0.25, 0.3) is 0 Å². The lowest BCUT2D eigenvalue weighted by Gasteiger charge is -2.22. The van der Waals surface area contributed by atoms with Crippen molar-refractivity contribution in [3.63, 3.8) is 0 Å². The van der Waals surface area contributed by atoms with Crippen LogP contribution in [-0.2, 0) is 19.4 Å². The number of aromatic nitrogens is 2. The Balaban J connectivity index is 2.86. The Morgan fingerprint density at radius 2 is 1.94 bits per heavy atom. The number of aliphatic hydroxyl groups excluding tert-OH is 1. The van der Waals surface area contributed by atoms with Crippen molar-refractivity contribution in [1.29, 1.82) is 0 Å². The van der Waals surface area contributed by atoms with E-state index < -0.39 is 0 Å². The quantitative estimate of drug-likeness (QED) is 0.901. The van der Waals surface area contributed by atoms with Crippen LogP contribution in [0.5, 0.6) is 0 Å². The molecule has 1 heterocycles. The second kappa shape index (κ2) is 6.20. The highest BCUT2D eigenvalue weighted by molar-refractivity contribution is 9.10. The van der Waals surface area contributed by atoms with Gasteiger partial charge in [-0.3, -0.25) is 4.68 Å². The highest BCUT2D eigenvalue weighted by atomic mass is 79.9. The Morgan fingerprint density at radius 1 is 1.33 bits per heavy atom. The van der Waals surface area contributed by atoms with E-state index in [1.807, 2.05) is 4.68 Å². The average molecular weight is 317 g/mol. The van der Waals surface area contributed by atoms with Crippen molar-refractivity contribution in [3.05, 3.63) is 15.9 Å². The molecule has 4 heteroatoms. The van der Waals surface area contributed by atoms with E-state index in [1.54, 1.807) is 0 Å². The Bertz CT molecular complexity index is 393. The Hall–Kier alpha value is -0.350. The van der Waals surface area contributed by atoms with Gasteiger partial charge in [-0.1, -0.05) is 27.7 Å². The molecule has 0 saturated carbocycles. The van der Waals surface area contributed by atoms with Gasteiger partial charge in [-0.25, -0.2) is 0 Å². The summed E-state index contributed by atoms with van der Waals surface area (Å²) >= 11 is 3.62. The van der Waals surface area contributed by atoms with E-state index in [1.165, 1.54) is 0 Å². The lowest BCUT2D eigenvalue weighted by atomic mass is 9.88. The number of aryl methyl sites for hydroxylation is 2. The number of hydrogen-bond donors (Lipinski definition) is 1. The lowest BCUT2D eigenvalue weighted by Crippen LogP contribution is -2.21. The minimum Gasteiger partial charge on any atom is -0.393 e. The summed E-state index contributed by atoms with van der Waals surface area (Å²) in [6.45, 7) is 11.5. The fraction of sp³-hybridized carbons (Fsp3) is 0.786. The number of rotatable bonds is 5. The molecular weight excluding hydrogens is 292 g/mol. The summed E-state index contributed by atoms with van der Waals surface area (Å²) in [6, 6.07) is 0. The zero-order valence-electron chi connectivity index (χ0n) is 12.1. The van der Waals surface area contributed by atoms with Crippen LogP contribution < -0.4 is 0 Å². The predicted molar refractivity (Wildman–Crippen MR) is 78.8 cm³/mol. The minimum atomic E-state index is -0.312. The predicted octanol–water partition coefficient (Wildman–Crippen LogP) is 3.57. The number of hydrogen-bond acceptors (Lipinski definition) is 2. The Morgan fingerprint density at radius 3 is 2.39 bits per heavy atom. The van der Waals surface area contributed by atoms with Crippen molar-refractivity contribution in [1.82, 2.24) is 9.78 Å². The van der Waals surface area contributed by atoms with Gasteiger partial charge in [-0.2, -0.15) is 5.10 Å². The van der Waals surface area contributed by atoms with Crippen LogP contribution in [0.2, 0.25) is 0 Å². The summed E-state index contributed by atoms with van der Waals surface area (Å²) in [5.74, 6) is 0. The largest absolute Gasteiger partial charge is 0.393 e. The van der Waals surface area contributed by atoms with Gasteiger partial charge in [0, 0.05) is 13.0 Å². The SMILES string of the molecule is CCc1nn(CC)c(CC(O)CC(C)(C)C)c1Br. The van der Waals surface area contributed by atoms with Crippen LogP contribution in [0, 0.1) is 5.41 Å². The molecule has 3 nitrogen and oxygen atoms in total. The first-order chi connectivity index (χ1) is 8.28. The van der Waals surface area contributed by atoms with Crippen molar-refractivity contribution in [2.75, 3.05) is 0 Å². The van der Waals surface area contributed by atoms with Gasteiger partial charge < -0.3 is 5.11 Å². The smallest absolute Gasteiger partial charge is 0.0766 e. The second-order valence-electron chi connectivity index (χ2n) is 6.00. The molecule has 1 aromatic heterocycles. The highest BCUT2D eigenvalue weighted by Crippen LogP contribution is 2.27. The first-order valence-electron chi connectivity index (χ1n) is 6.70. The summed E-state index contributed by atoms with van der Waals surface area (Å²) in [7, 11) is 0. The summed E-state index contributed by atoms with van der Waals surface area (Å²) in [6.07, 6.45) is 2.07. The molecule has 0 aliphatic carbocycles. The van der Waals surface area contributed by atoms with E-state index in [-0.39, 0.29) is 11.5 Å². The molecule has 1 N–H and O–H groups in total. The fourth-order valence-corrected chi connectivity index (χ4v) is 2.94. The van der Waals surface area contributed by atoms with Crippen LogP contribution in [0.25, 0.3) is 0 Å². The molecule has 0 bridgehead atoms. The topological polar surface area (TPSA) is 38.0 Å². The van der Waals surface area contributed by atoms with E-state index in [2.05, 4.69) is 55.6 Å². The standard InChI is InChI=1S/C14H25BrN2O/c1-6-11-13(15)12(17(7-2)16-11)8-10(18)9-14(3,4)5/h10,18H,6-9H2,1-5H3. The van der Waals surface area contributed by atoms with Gasteiger partial charge in [0.2, 0.25) is 0 Å². The molecule has 0 radical (unpaired) electrons. The maximum Gasteiger partial charge on any atom is 0.0766 e. The van der Waals surface area contributed by atoms with Gasteiger partial charge >= 0.3 is 0 Å². The van der Waals surface area contributed by atoms with Gasteiger partial charge in [0.1, 0.15) is 0 Å². The lowest BCUT2D eigenvalue weighted by molar-refractivity contribution is 0.119. The van der Waals surface area contributed by atoms with E-state index in [0.717, 1.165) is 35.2 Å². The average Bonchev–Trinajstić information content (AvgIpc) is 2.53. The number of halogens is 1. The molecule has 0 aliphatic rings. The Kier molecular flexibility index (Phi) is 5.41. The molecule has 0 aromatic carbocycles. The van der Waals surface area contributed by atoms with Crippen LogP contribution in [0.4, 0.5) is 0 Å². The van der Waals surface area contributed by atoms with Gasteiger partial charge in [0.15, 0.2) is 0 Å². The van der Waals surface area contributed by atoms with Crippen molar-refractivity contribution < 1.29 is 5.11 Å². The molecular formula is C14H25BrN2O. The maximum atomic E-state index is 10.2. The fourth-order valence-electron chi connectivity index (χ4n) is 2.21. The monoisotopic (exact) mass is 316 g/mol. The molecule has 1 rings (SSSR count). The van der Waals surface area contributed by atoms with Gasteiger partial charge in [-0.15, -0.1) is 0 Å². The molecule has 0 spiro atoms. The van der Waals surface area contributed by atoms with E-state index in [4.69, 9.17) is 0 Å². The molecule has 0 amide bonds. The van der Waals surface area contributed by atoms with Crippen molar-refractivity contribution >= 4 is 15.9 Å². The minimum absolute atomic E-state index is 0.149. The highest BCUT2D eigenvalue weighted by Gasteiger charge is 2.21. The van der Waals surface area contributed by atoms with Crippen molar-refractivity contribution in [3.8, 4) is 0 Å². The van der Waals surface area contributed by atoms with E-state index in [0.29, 0.717) is 6.42 Å². The number of nitrogens with zero attached hydrogens (tertiary/aromatic N) is 2. The molecule has 1 atom stereocenters. The molecule has 1 aromatic rings. The molecule has 104 valence electrons. The van der Waals surface area contributed by atoms with Crippen molar-refractivity contribution in [2.24, 2.45) is 5.41 Å². The molecule has 0 aliphatic heterocycles. The third kappa shape index (κ3) is 4.09. The second-order valence-corrected chi connectivity index (χ2v) is 6.79. The van der Waals surface area contributed by atoms with E-state index in [9.17, 15) is 5.11 Å². The molecule has 1 unspecified atom stereocenters. The molecule has 0 saturated heterocycles. The first kappa shape index (κ1) is 15.7. The van der Waals surface area contributed by atoms with Crippen LogP contribution in [0.15, 0.2) is 4.47 Å². The zero-order valence-corrected chi connectivity index (χ0v) is 13.7. The maximum absolute atomic E-state index is 10.2. The Labute approximate surface area is 119 Å². The van der Waals surface area contributed by atoms with Crippen LogP contribution in [-0.4, -0.2) is 21.0 Å². The zero-order chi connectivity index (χ0) is 13.9. The third-order valence-electron chi connectivity index (χ3n) is 2.97. The summed E-state index contributed by atoms with van der Waals surface area (Å²) in [5, 5.41) is 14.8. The van der Waals surface area contributed by atoms with Crippen LogP contribution in [0.1, 0.15) is 52.4 Å². The summed E-state index contributed by atoms with van der Waals surface area (Å²) < 4.78 is 3.06. The first-order valence-corrected chi connectivity index (χ1v) is 7.49. The van der Waals surface area contributed by atoms with Crippen LogP contribution >= 0.6 is 15.9 Å². The van der Waals surface area contributed by atoms with Crippen LogP contribution in [0.3, 0.4) is 0 Å². The normalized spacial score (nSPS) is 13.9. The third-order valence-corrected chi connectivity index (χ3v) is 3.89. The van der Waals surface area contributed by atoms with E-state index >= 15 is 0 Å². The molecule has 0 fully saturated rings. The molecule has 18 heavy (non-hydrogen) atoms.